The third-order valence-electron chi connectivity index (χ3n) is 6.34. The quantitative estimate of drug-likeness (QED) is 0.361. The molecule has 150 valence electrons. The summed E-state index contributed by atoms with van der Waals surface area (Å²) in [4.78, 5) is 26.6. The summed E-state index contributed by atoms with van der Waals surface area (Å²) in [5, 5.41) is 1.14. The summed E-state index contributed by atoms with van der Waals surface area (Å²) in [5.41, 5.74) is 1.50. The van der Waals surface area contributed by atoms with Crippen molar-refractivity contribution in [3.8, 4) is 5.75 Å². The van der Waals surface area contributed by atoms with Crippen LogP contribution < -0.4 is 4.74 Å². The van der Waals surface area contributed by atoms with Crippen molar-refractivity contribution in [3.63, 3.8) is 0 Å². The molecule has 0 radical (unpaired) electrons. The zero-order valence-corrected chi connectivity index (χ0v) is 17.5. The monoisotopic (exact) mass is 436 g/mol. The Balaban J connectivity index is 1.81. The zero-order valence-electron chi connectivity index (χ0n) is 16.0. The third-order valence-corrected chi connectivity index (χ3v) is 6.81. The van der Waals surface area contributed by atoms with E-state index in [1.165, 1.54) is 0 Å². The molecule has 0 saturated heterocycles. The first-order chi connectivity index (χ1) is 14.5. The van der Waals surface area contributed by atoms with Crippen LogP contribution in [0, 0.1) is 0 Å². The number of fused-ring (bicyclic) bond motifs is 2. The van der Waals surface area contributed by atoms with Crippen LogP contribution in [0.25, 0.3) is 0 Å². The van der Waals surface area contributed by atoms with E-state index in [1.807, 2.05) is 60.7 Å². The van der Waals surface area contributed by atoms with E-state index in [1.54, 1.807) is 12.1 Å². The van der Waals surface area contributed by atoms with Crippen molar-refractivity contribution in [3.05, 3.63) is 99.5 Å². The highest BCUT2D eigenvalue weighted by molar-refractivity contribution is 6.31. The molecular weight excluding hydrogens is 419 g/mol. The molecule has 30 heavy (non-hydrogen) atoms. The van der Waals surface area contributed by atoms with E-state index in [0.717, 1.165) is 16.7 Å². The van der Waals surface area contributed by atoms with Gasteiger partial charge in [0.25, 0.3) is 0 Å². The normalized spacial score (nSPS) is 22.1. The molecule has 1 aliphatic carbocycles. The van der Waals surface area contributed by atoms with Crippen LogP contribution in [0.2, 0.25) is 10.0 Å². The minimum absolute atomic E-state index is 0.104. The van der Waals surface area contributed by atoms with Gasteiger partial charge in [0.1, 0.15) is 16.9 Å². The minimum Gasteiger partial charge on any atom is -0.426 e. The number of ether oxygens (including phenoxy) is 1. The Morgan fingerprint density at radius 3 is 1.90 bits per heavy atom. The molecule has 3 nitrogen and oxygen atoms in total. The largest absolute Gasteiger partial charge is 0.426 e. The van der Waals surface area contributed by atoms with Crippen LogP contribution >= 0.6 is 23.2 Å². The molecule has 0 amide bonds. The first kappa shape index (κ1) is 19.3. The molecule has 5 heteroatoms. The molecule has 1 spiro atoms. The van der Waals surface area contributed by atoms with Crippen LogP contribution in [-0.4, -0.2) is 11.8 Å². The van der Waals surface area contributed by atoms with Crippen LogP contribution in [0.15, 0.2) is 72.8 Å². The fourth-order valence-corrected chi connectivity index (χ4v) is 5.56. The van der Waals surface area contributed by atoms with Crippen molar-refractivity contribution in [1.29, 1.82) is 0 Å². The van der Waals surface area contributed by atoms with Gasteiger partial charge in [0.15, 0.2) is 0 Å². The van der Waals surface area contributed by atoms with Crippen molar-refractivity contribution in [1.82, 2.24) is 0 Å². The fourth-order valence-electron chi connectivity index (χ4n) is 5.16. The molecule has 2 atom stereocenters. The second-order valence-corrected chi connectivity index (χ2v) is 8.79. The molecule has 1 aliphatic heterocycles. The summed E-state index contributed by atoms with van der Waals surface area (Å²) < 4.78 is 5.78. The number of hydrogen-bond acceptors (Lipinski definition) is 3. The summed E-state index contributed by atoms with van der Waals surface area (Å²) in [6.07, 6.45) is 0.502. The lowest BCUT2D eigenvalue weighted by Crippen LogP contribution is -2.49. The number of rotatable bonds is 2. The lowest BCUT2D eigenvalue weighted by molar-refractivity contribution is -0.142. The van der Waals surface area contributed by atoms with E-state index in [2.05, 4.69) is 0 Å². The van der Waals surface area contributed by atoms with Gasteiger partial charge in [0.2, 0.25) is 0 Å². The highest BCUT2D eigenvalue weighted by atomic mass is 35.5. The second-order valence-electron chi connectivity index (χ2n) is 7.92. The second kappa shape index (κ2) is 7.26. The van der Waals surface area contributed by atoms with Gasteiger partial charge in [0.05, 0.1) is 0 Å². The Morgan fingerprint density at radius 1 is 0.767 bits per heavy atom. The van der Waals surface area contributed by atoms with Crippen molar-refractivity contribution < 1.29 is 14.3 Å². The van der Waals surface area contributed by atoms with E-state index in [9.17, 15) is 9.59 Å². The van der Waals surface area contributed by atoms with Gasteiger partial charge in [-0.25, -0.2) is 0 Å². The summed E-state index contributed by atoms with van der Waals surface area (Å²) in [6.45, 7) is 0. The number of ketones is 1. The molecule has 5 rings (SSSR count). The number of hydrogen-bond donors (Lipinski definition) is 0. The van der Waals surface area contributed by atoms with Crippen LogP contribution in [0.3, 0.4) is 0 Å². The van der Waals surface area contributed by atoms with E-state index in [4.69, 9.17) is 27.9 Å². The SMILES string of the molecule is O=C1C[C@H](c2cccc(Cl)c2)C2(C(=O)Oc3ccccc32)[C@@H](c2cccc(Cl)c2)C1. The maximum atomic E-state index is 13.7. The Bertz CT molecular complexity index is 1110. The highest BCUT2D eigenvalue weighted by Gasteiger charge is 2.62. The molecule has 3 aromatic rings. The molecule has 1 saturated carbocycles. The Morgan fingerprint density at radius 2 is 1.33 bits per heavy atom. The molecule has 2 aliphatic rings. The smallest absolute Gasteiger partial charge is 0.323 e. The van der Waals surface area contributed by atoms with E-state index >= 15 is 0 Å². The zero-order chi connectivity index (χ0) is 20.9. The van der Waals surface area contributed by atoms with Gasteiger partial charge in [-0.1, -0.05) is 65.7 Å². The predicted octanol–water partition coefficient (Wildman–Crippen LogP) is 6.08. The molecule has 0 unspecified atom stereocenters. The number of carbonyl (C=O) groups is 2. The van der Waals surface area contributed by atoms with Crippen molar-refractivity contribution in [2.75, 3.05) is 0 Å². The lowest BCUT2D eigenvalue weighted by Gasteiger charge is -2.45. The molecular formula is C25H18Cl2O3. The van der Waals surface area contributed by atoms with Gasteiger partial charge >= 0.3 is 5.97 Å². The maximum Gasteiger partial charge on any atom is 0.323 e. The average Bonchev–Trinajstić information content (AvgIpc) is 3.02. The van der Waals surface area contributed by atoms with Crippen molar-refractivity contribution in [2.45, 2.75) is 30.1 Å². The Hall–Kier alpha value is -2.62. The van der Waals surface area contributed by atoms with Gasteiger partial charge in [-0.05, 0) is 41.5 Å². The summed E-state index contributed by atoms with van der Waals surface area (Å²) in [7, 11) is 0. The summed E-state index contributed by atoms with van der Waals surface area (Å²) in [6, 6.07) is 22.3. The predicted molar refractivity (Wildman–Crippen MR) is 116 cm³/mol. The molecule has 1 fully saturated rings. The number of Topliss-reactive ketones (excluding diaryl/α,β-unsaturated/α-hetero) is 1. The fraction of sp³-hybridized carbons (Fsp3) is 0.200. The van der Waals surface area contributed by atoms with Gasteiger partial charge in [-0.15, -0.1) is 0 Å². The van der Waals surface area contributed by atoms with Gasteiger partial charge < -0.3 is 4.74 Å². The van der Waals surface area contributed by atoms with Gasteiger partial charge in [0, 0.05) is 40.3 Å². The maximum absolute atomic E-state index is 13.7. The number of carbonyl (C=O) groups excluding carboxylic acids is 2. The highest BCUT2D eigenvalue weighted by Crippen LogP contribution is 2.60. The average molecular weight is 437 g/mol. The van der Waals surface area contributed by atoms with Crippen LogP contribution in [0.1, 0.15) is 41.4 Å². The van der Waals surface area contributed by atoms with E-state index in [-0.39, 0.29) is 24.6 Å². The molecule has 1 heterocycles. The van der Waals surface area contributed by atoms with Gasteiger partial charge in [-0.2, -0.15) is 0 Å². The number of para-hydroxylation sites is 1. The Kier molecular flexibility index (Phi) is 4.68. The molecule has 0 aromatic heterocycles. The first-order valence-electron chi connectivity index (χ1n) is 9.84. The standard InChI is InChI=1S/C25H18Cl2O3/c26-17-7-3-5-15(11-17)21-13-19(28)14-22(16-6-4-8-18(27)12-16)25(21)20-9-1-2-10-23(20)30-24(25)29/h1-12,21-22H,13-14H2/t21-,22-/m1/s1. The minimum atomic E-state index is -1.03. The number of halogens is 2. The van der Waals surface area contributed by atoms with Crippen molar-refractivity contribution in [2.24, 2.45) is 0 Å². The molecule has 3 aromatic carbocycles. The molecule has 0 N–H and O–H groups in total. The van der Waals surface area contributed by atoms with Crippen LogP contribution in [0.4, 0.5) is 0 Å². The van der Waals surface area contributed by atoms with Crippen molar-refractivity contribution >= 4 is 35.0 Å². The van der Waals surface area contributed by atoms with Crippen LogP contribution in [-0.2, 0) is 15.0 Å². The Labute approximate surface area is 184 Å². The van der Waals surface area contributed by atoms with E-state index in [0.29, 0.717) is 15.8 Å². The molecule has 0 bridgehead atoms. The number of benzene rings is 3. The topological polar surface area (TPSA) is 43.4 Å². The lowest BCUT2D eigenvalue weighted by atomic mass is 9.54. The third kappa shape index (κ3) is 2.88. The first-order valence-corrected chi connectivity index (χ1v) is 10.6. The van der Waals surface area contributed by atoms with Crippen LogP contribution in [0.5, 0.6) is 5.75 Å². The summed E-state index contributed by atoms with van der Waals surface area (Å²) in [5.74, 6) is -0.454. The van der Waals surface area contributed by atoms with E-state index < -0.39 is 17.3 Å². The van der Waals surface area contributed by atoms with Gasteiger partial charge in [-0.3, -0.25) is 9.59 Å². The summed E-state index contributed by atoms with van der Waals surface area (Å²) >= 11 is 12.6. The number of esters is 1.